The average Bonchev–Trinajstić information content (AvgIpc) is 2.57. The number of halogens is 2. The van der Waals surface area contributed by atoms with Gasteiger partial charge in [0.15, 0.2) is 0 Å². The van der Waals surface area contributed by atoms with Crippen molar-refractivity contribution in [3.05, 3.63) is 59.7 Å². The summed E-state index contributed by atoms with van der Waals surface area (Å²) in [4.78, 5) is 25.8. The van der Waals surface area contributed by atoms with E-state index in [0.29, 0.717) is 12.2 Å². The van der Waals surface area contributed by atoms with Crippen molar-refractivity contribution >= 4 is 23.2 Å². The molecule has 0 saturated carbocycles. The van der Waals surface area contributed by atoms with Crippen molar-refractivity contribution < 1.29 is 18.4 Å². The Balaban J connectivity index is 1.83. The average molecular weight is 316 g/mol. The maximum Gasteiger partial charge on any atom is 0.316 e. The molecule has 118 valence electrons. The molecule has 0 saturated heterocycles. The monoisotopic (exact) mass is 316 g/mol. The van der Waals surface area contributed by atoms with Crippen molar-refractivity contribution in [2.75, 3.05) is 16.8 Å². The van der Waals surface area contributed by atoms with Gasteiger partial charge >= 0.3 is 11.8 Å². The Morgan fingerprint density at radius 3 is 2.43 bits per heavy atom. The van der Waals surface area contributed by atoms with Gasteiger partial charge < -0.3 is 10.2 Å². The molecule has 1 heterocycles. The molecule has 1 aliphatic rings. The Labute approximate surface area is 131 Å². The van der Waals surface area contributed by atoms with Crippen LogP contribution >= 0.6 is 0 Å². The van der Waals surface area contributed by atoms with E-state index in [0.717, 1.165) is 30.5 Å². The standard InChI is InChI=1S/C17H14F2N2O2/c18-12-7-3-8-13(19)15(12)20-16(22)17(23)21-10-4-6-11-5-1-2-9-14(11)21/h1-3,5,7-9H,4,6,10H2,(H,20,22). The quantitative estimate of drug-likeness (QED) is 0.823. The lowest BCUT2D eigenvalue weighted by Gasteiger charge is -2.28. The van der Waals surface area contributed by atoms with Crippen LogP contribution in [0.4, 0.5) is 20.2 Å². The molecular formula is C17H14F2N2O2. The minimum absolute atomic E-state index is 0.392. The summed E-state index contributed by atoms with van der Waals surface area (Å²) in [5.74, 6) is -3.75. The molecule has 1 aliphatic heterocycles. The van der Waals surface area contributed by atoms with Crippen LogP contribution in [0.1, 0.15) is 12.0 Å². The summed E-state index contributed by atoms with van der Waals surface area (Å²) in [6, 6.07) is 10.5. The second kappa shape index (κ2) is 6.16. The minimum Gasteiger partial charge on any atom is -0.313 e. The molecular weight excluding hydrogens is 302 g/mol. The van der Waals surface area contributed by atoms with Crippen LogP contribution in [0.2, 0.25) is 0 Å². The number of benzene rings is 2. The third-order valence-corrected chi connectivity index (χ3v) is 3.75. The number of amides is 2. The van der Waals surface area contributed by atoms with Crippen LogP contribution in [-0.4, -0.2) is 18.4 Å². The van der Waals surface area contributed by atoms with E-state index in [1.807, 2.05) is 17.4 Å². The molecule has 2 aromatic rings. The highest BCUT2D eigenvalue weighted by Gasteiger charge is 2.28. The lowest BCUT2D eigenvalue weighted by atomic mass is 10.0. The largest absolute Gasteiger partial charge is 0.316 e. The van der Waals surface area contributed by atoms with Gasteiger partial charge in [-0.25, -0.2) is 8.78 Å². The van der Waals surface area contributed by atoms with Crippen LogP contribution in [0.15, 0.2) is 42.5 Å². The molecule has 0 atom stereocenters. The molecule has 6 heteroatoms. The first-order valence-electron chi connectivity index (χ1n) is 7.22. The molecule has 0 spiro atoms. The molecule has 0 fully saturated rings. The Hall–Kier alpha value is -2.76. The number of nitrogens with zero attached hydrogens (tertiary/aromatic N) is 1. The zero-order valence-corrected chi connectivity index (χ0v) is 12.2. The number of para-hydroxylation sites is 2. The van der Waals surface area contributed by atoms with E-state index < -0.39 is 29.1 Å². The van der Waals surface area contributed by atoms with Crippen molar-refractivity contribution in [3.63, 3.8) is 0 Å². The van der Waals surface area contributed by atoms with E-state index in [1.54, 1.807) is 12.1 Å². The fourth-order valence-corrected chi connectivity index (χ4v) is 2.65. The zero-order chi connectivity index (χ0) is 16.4. The van der Waals surface area contributed by atoms with E-state index in [2.05, 4.69) is 0 Å². The van der Waals surface area contributed by atoms with E-state index >= 15 is 0 Å². The van der Waals surface area contributed by atoms with Crippen LogP contribution in [0.3, 0.4) is 0 Å². The van der Waals surface area contributed by atoms with Gasteiger partial charge in [-0.05, 0) is 36.6 Å². The summed E-state index contributed by atoms with van der Waals surface area (Å²) in [6.07, 6.45) is 1.55. The third kappa shape index (κ3) is 2.92. The highest BCUT2D eigenvalue weighted by Crippen LogP contribution is 2.27. The number of rotatable bonds is 1. The summed E-state index contributed by atoms with van der Waals surface area (Å²) >= 11 is 0. The molecule has 0 bridgehead atoms. The van der Waals surface area contributed by atoms with Crippen LogP contribution < -0.4 is 10.2 Å². The summed E-state index contributed by atoms with van der Waals surface area (Å²) in [6.45, 7) is 0.392. The second-order valence-electron chi connectivity index (χ2n) is 5.24. The van der Waals surface area contributed by atoms with Gasteiger partial charge in [0.25, 0.3) is 0 Å². The number of carbonyl (C=O) groups is 2. The van der Waals surface area contributed by atoms with Crippen molar-refractivity contribution in [2.24, 2.45) is 0 Å². The van der Waals surface area contributed by atoms with Crippen LogP contribution in [0, 0.1) is 11.6 Å². The molecule has 0 aromatic heterocycles. The van der Waals surface area contributed by atoms with Gasteiger partial charge in [0, 0.05) is 12.2 Å². The summed E-state index contributed by atoms with van der Waals surface area (Å²) in [7, 11) is 0. The normalized spacial score (nSPS) is 13.4. The molecule has 0 unspecified atom stereocenters. The Kier molecular flexibility index (Phi) is 4.06. The molecule has 4 nitrogen and oxygen atoms in total. The highest BCUT2D eigenvalue weighted by molar-refractivity contribution is 6.44. The van der Waals surface area contributed by atoms with Gasteiger partial charge in [-0.3, -0.25) is 9.59 Å². The van der Waals surface area contributed by atoms with Gasteiger partial charge in [0.2, 0.25) is 0 Å². The number of aryl methyl sites for hydroxylation is 1. The van der Waals surface area contributed by atoms with Crippen molar-refractivity contribution in [1.29, 1.82) is 0 Å². The van der Waals surface area contributed by atoms with Gasteiger partial charge in [0.05, 0.1) is 0 Å². The fourth-order valence-electron chi connectivity index (χ4n) is 2.65. The summed E-state index contributed by atoms with van der Waals surface area (Å²) in [5, 5.41) is 2.03. The molecule has 0 aliphatic carbocycles. The molecule has 0 radical (unpaired) electrons. The Morgan fingerprint density at radius 1 is 1.00 bits per heavy atom. The number of hydrogen-bond donors (Lipinski definition) is 1. The minimum atomic E-state index is -1.06. The first-order valence-corrected chi connectivity index (χ1v) is 7.22. The maximum atomic E-state index is 13.6. The SMILES string of the molecule is O=C(Nc1c(F)cccc1F)C(=O)N1CCCc2ccccc21. The molecule has 1 N–H and O–H groups in total. The van der Waals surface area contributed by atoms with Crippen molar-refractivity contribution in [3.8, 4) is 0 Å². The molecule has 23 heavy (non-hydrogen) atoms. The van der Waals surface area contributed by atoms with Gasteiger partial charge in [-0.15, -0.1) is 0 Å². The molecule has 2 aromatic carbocycles. The first-order chi connectivity index (χ1) is 11.1. The Bertz CT molecular complexity index is 757. The number of carbonyl (C=O) groups excluding carboxylic acids is 2. The van der Waals surface area contributed by atoms with Gasteiger partial charge in [-0.1, -0.05) is 24.3 Å². The molecule has 3 rings (SSSR count). The first kappa shape index (κ1) is 15.1. The van der Waals surface area contributed by atoms with Gasteiger partial charge in [0.1, 0.15) is 17.3 Å². The zero-order valence-electron chi connectivity index (χ0n) is 12.2. The van der Waals surface area contributed by atoms with Crippen LogP contribution in [0.25, 0.3) is 0 Å². The predicted molar refractivity (Wildman–Crippen MR) is 82.1 cm³/mol. The van der Waals surface area contributed by atoms with E-state index in [-0.39, 0.29) is 0 Å². The smallest absolute Gasteiger partial charge is 0.313 e. The lowest BCUT2D eigenvalue weighted by molar-refractivity contribution is -0.134. The van der Waals surface area contributed by atoms with E-state index in [9.17, 15) is 18.4 Å². The summed E-state index contributed by atoms with van der Waals surface area (Å²) < 4.78 is 27.2. The number of fused-ring (bicyclic) bond motifs is 1. The molecule has 2 amide bonds. The number of hydrogen-bond acceptors (Lipinski definition) is 2. The second-order valence-corrected chi connectivity index (χ2v) is 5.24. The lowest BCUT2D eigenvalue weighted by Crippen LogP contribution is -2.42. The predicted octanol–water partition coefficient (Wildman–Crippen LogP) is 2.88. The van der Waals surface area contributed by atoms with Crippen molar-refractivity contribution in [2.45, 2.75) is 12.8 Å². The third-order valence-electron chi connectivity index (χ3n) is 3.75. The van der Waals surface area contributed by atoms with Crippen LogP contribution in [0.5, 0.6) is 0 Å². The Morgan fingerprint density at radius 2 is 1.70 bits per heavy atom. The van der Waals surface area contributed by atoms with E-state index in [4.69, 9.17) is 0 Å². The fraction of sp³-hybridized carbons (Fsp3) is 0.176. The topological polar surface area (TPSA) is 49.4 Å². The van der Waals surface area contributed by atoms with Crippen molar-refractivity contribution in [1.82, 2.24) is 0 Å². The highest BCUT2D eigenvalue weighted by atomic mass is 19.1. The summed E-state index contributed by atoms with van der Waals surface area (Å²) in [5.41, 5.74) is 1.01. The van der Waals surface area contributed by atoms with Gasteiger partial charge in [-0.2, -0.15) is 0 Å². The number of anilines is 2. The maximum absolute atomic E-state index is 13.6. The number of nitrogens with one attached hydrogen (secondary N) is 1. The van der Waals surface area contributed by atoms with Crippen LogP contribution in [-0.2, 0) is 16.0 Å². The van der Waals surface area contributed by atoms with E-state index in [1.165, 1.54) is 11.0 Å².